The molecule has 0 radical (unpaired) electrons. The van der Waals surface area contributed by atoms with Gasteiger partial charge >= 0.3 is 0 Å². The molecule has 1 rings (SSSR count). The highest BCUT2D eigenvalue weighted by molar-refractivity contribution is 5.46. The van der Waals surface area contributed by atoms with Gasteiger partial charge in [0.2, 0.25) is 6.41 Å². The molecule has 2 nitrogen and oxygen atoms in total. The molecular formula is C10H21NO. The van der Waals surface area contributed by atoms with E-state index in [0.717, 1.165) is 6.41 Å². The van der Waals surface area contributed by atoms with Crippen LogP contribution in [0.4, 0.5) is 0 Å². The molecule has 0 aromatic carbocycles. The molecular weight excluding hydrogens is 150 g/mol. The van der Waals surface area contributed by atoms with Gasteiger partial charge in [0, 0.05) is 6.04 Å². The average Bonchev–Trinajstić information content (AvgIpc) is 2.13. The number of rotatable bonds is 2. The van der Waals surface area contributed by atoms with Gasteiger partial charge in [-0.05, 0) is 18.8 Å². The molecule has 1 aliphatic rings. The first kappa shape index (κ1) is 11.5. The third-order valence-electron chi connectivity index (χ3n) is 2.39. The highest BCUT2D eigenvalue weighted by Crippen LogP contribution is 2.22. The van der Waals surface area contributed by atoms with Crippen LogP contribution in [-0.2, 0) is 4.79 Å². The van der Waals surface area contributed by atoms with Gasteiger partial charge in [-0.25, -0.2) is 0 Å². The Hall–Kier alpha value is -0.530. The molecule has 2 atom stereocenters. The van der Waals surface area contributed by atoms with Crippen LogP contribution in [0, 0.1) is 5.92 Å². The summed E-state index contributed by atoms with van der Waals surface area (Å²) in [6, 6.07) is 0.450. The molecule has 0 heterocycles. The third kappa shape index (κ3) is 3.74. The van der Waals surface area contributed by atoms with Crippen molar-refractivity contribution < 1.29 is 4.79 Å². The van der Waals surface area contributed by atoms with Crippen LogP contribution in [0.3, 0.4) is 0 Å². The fourth-order valence-corrected chi connectivity index (χ4v) is 1.65. The van der Waals surface area contributed by atoms with Crippen molar-refractivity contribution in [3.63, 3.8) is 0 Å². The van der Waals surface area contributed by atoms with Crippen molar-refractivity contribution in [3.05, 3.63) is 0 Å². The molecule has 12 heavy (non-hydrogen) atoms. The molecule has 2 unspecified atom stereocenters. The number of carbonyl (C=O) groups excluding carboxylic acids is 1. The van der Waals surface area contributed by atoms with E-state index in [-0.39, 0.29) is 0 Å². The Labute approximate surface area is 75.7 Å². The van der Waals surface area contributed by atoms with Crippen molar-refractivity contribution in [3.8, 4) is 0 Å². The topological polar surface area (TPSA) is 29.1 Å². The molecule has 0 bridgehead atoms. The molecule has 1 aliphatic carbocycles. The Morgan fingerprint density at radius 2 is 1.83 bits per heavy atom. The lowest BCUT2D eigenvalue weighted by Crippen LogP contribution is -2.36. The van der Waals surface area contributed by atoms with Gasteiger partial charge in [0.25, 0.3) is 0 Å². The van der Waals surface area contributed by atoms with E-state index in [9.17, 15) is 4.79 Å². The van der Waals surface area contributed by atoms with Crippen LogP contribution in [0.25, 0.3) is 0 Å². The van der Waals surface area contributed by atoms with Crippen LogP contribution in [0.2, 0.25) is 0 Å². The first-order valence-electron chi connectivity index (χ1n) is 5.04. The summed E-state index contributed by atoms with van der Waals surface area (Å²) in [6.07, 6.45) is 5.87. The van der Waals surface area contributed by atoms with E-state index in [1.54, 1.807) is 0 Å². The summed E-state index contributed by atoms with van der Waals surface area (Å²) in [4.78, 5) is 10.1. The lowest BCUT2D eigenvalue weighted by Gasteiger charge is -2.27. The summed E-state index contributed by atoms with van der Waals surface area (Å²) in [7, 11) is 0. The van der Waals surface area contributed by atoms with E-state index in [0.29, 0.717) is 12.0 Å². The summed E-state index contributed by atoms with van der Waals surface area (Å²) >= 11 is 0. The monoisotopic (exact) mass is 171 g/mol. The van der Waals surface area contributed by atoms with E-state index < -0.39 is 0 Å². The maximum absolute atomic E-state index is 10.1. The number of hydrogen-bond acceptors (Lipinski definition) is 1. The molecule has 1 saturated carbocycles. The molecule has 0 saturated heterocycles. The zero-order chi connectivity index (χ0) is 9.40. The van der Waals surface area contributed by atoms with Crippen molar-refractivity contribution in [2.75, 3.05) is 0 Å². The minimum Gasteiger partial charge on any atom is -0.356 e. The second-order valence-corrected chi connectivity index (χ2v) is 3.15. The van der Waals surface area contributed by atoms with Crippen molar-refractivity contribution in [1.82, 2.24) is 5.32 Å². The summed E-state index contributed by atoms with van der Waals surface area (Å²) in [5, 5.41) is 2.85. The fourth-order valence-electron chi connectivity index (χ4n) is 1.65. The van der Waals surface area contributed by atoms with Gasteiger partial charge in [0.05, 0.1) is 0 Å². The normalized spacial score (nSPS) is 28.2. The summed E-state index contributed by atoms with van der Waals surface area (Å²) in [6.45, 7) is 6.21. The first-order chi connectivity index (χ1) is 5.84. The van der Waals surface area contributed by atoms with Crippen molar-refractivity contribution in [2.45, 2.75) is 52.5 Å². The number of amides is 1. The Balaban J connectivity index is 0.000000561. The SMILES string of the molecule is CC.CC1CCCCC1NC=O. The zero-order valence-electron chi connectivity index (χ0n) is 8.47. The highest BCUT2D eigenvalue weighted by Gasteiger charge is 2.19. The standard InChI is InChI=1S/C8H15NO.C2H6/c1-7-4-2-3-5-8(7)9-6-10;1-2/h6-8H,2-5H2,1H3,(H,9,10);1-2H3. The smallest absolute Gasteiger partial charge is 0.207 e. The van der Waals surface area contributed by atoms with Gasteiger partial charge in [-0.15, -0.1) is 0 Å². The van der Waals surface area contributed by atoms with E-state index in [1.165, 1.54) is 25.7 Å². The maximum Gasteiger partial charge on any atom is 0.207 e. The van der Waals surface area contributed by atoms with Crippen LogP contribution < -0.4 is 5.32 Å². The minimum atomic E-state index is 0.450. The minimum absolute atomic E-state index is 0.450. The lowest BCUT2D eigenvalue weighted by molar-refractivity contribution is -0.110. The van der Waals surface area contributed by atoms with Crippen molar-refractivity contribution in [2.24, 2.45) is 5.92 Å². The number of nitrogens with one attached hydrogen (secondary N) is 1. The zero-order valence-corrected chi connectivity index (χ0v) is 8.47. The predicted molar refractivity (Wildman–Crippen MR) is 52.0 cm³/mol. The van der Waals surface area contributed by atoms with E-state index in [2.05, 4.69) is 12.2 Å². The first-order valence-corrected chi connectivity index (χ1v) is 5.04. The number of hydrogen-bond donors (Lipinski definition) is 1. The molecule has 1 N–H and O–H groups in total. The third-order valence-corrected chi connectivity index (χ3v) is 2.39. The predicted octanol–water partition coefficient (Wildman–Crippen LogP) is 2.34. The number of carbonyl (C=O) groups is 1. The largest absolute Gasteiger partial charge is 0.356 e. The van der Waals surface area contributed by atoms with Gasteiger partial charge in [-0.2, -0.15) is 0 Å². The molecule has 0 spiro atoms. The lowest BCUT2D eigenvalue weighted by atomic mass is 9.86. The Morgan fingerprint density at radius 1 is 1.25 bits per heavy atom. The van der Waals surface area contributed by atoms with Crippen LogP contribution in [-0.4, -0.2) is 12.5 Å². The summed E-state index contributed by atoms with van der Waals surface area (Å²) in [5.41, 5.74) is 0. The summed E-state index contributed by atoms with van der Waals surface area (Å²) in [5.74, 6) is 0.680. The highest BCUT2D eigenvalue weighted by atomic mass is 16.1. The van der Waals surface area contributed by atoms with Gasteiger partial charge in [0.1, 0.15) is 0 Å². The Kier molecular flexibility index (Phi) is 6.82. The molecule has 0 aliphatic heterocycles. The fraction of sp³-hybridized carbons (Fsp3) is 0.900. The second kappa shape index (κ2) is 7.14. The average molecular weight is 171 g/mol. The maximum atomic E-state index is 10.1. The quantitative estimate of drug-likeness (QED) is 0.635. The molecule has 1 amide bonds. The van der Waals surface area contributed by atoms with Crippen LogP contribution in [0.1, 0.15) is 46.5 Å². The van der Waals surface area contributed by atoms with Crippen LogP contribution >= 0.6 is 0 Å². The van der Waals surface area contributed by atoms with Crippen molar-refractivity contribution in [1.29, 1.82) is 0 Å². The molecule has 72 valence electrons. The van der Waals surface area contributed by atoms with E-state index in [1.807, 2.05) is 13.8 Å². The Bertz CT molecular complexity index is 114. The second-order valence-electron chi connectivity index (χ2n) is 3.15. The van der Waals surface area contributed by atoms with Crippen LogP contribution in [0.15, 0.2) is 0 Å². The van der Waals surface area contributed by atoms with E-state index >= 15 is 0 Å². The molecule has 0 aromatic rings. The Morgan fingerprint density at radius 3 is 2.33 bits per heavy atom. The molecule has 1 fully saturated rings. The van der Waals surface area contributed by atoms with E-state index in [4.69, 9.17) is 0 Å². The van der Waals surface area contributed by atoms with Gasteiger partial charge in [0.15, 0.2) is 0 Å². The summed E-state index contributed by atoms with van der Waals surface area (Å²) < 4.78 is 0. The molecule has 0 aromatic heterocycles. The van der Waals surface area contributed by atoms with Gasteiger partial charge < -0.3 is 5.32 Å². The molecule has 2 heteroatoms. The van der Waals surface area contributed by atoms with Crippen LogP contribution in [0.5, 0.6) is 0 Å². The van der Waals surface area contributed by atoms with Gasteiger partial charge in [-0.1, -0.05) is 33.6 Å². The van der Waals surface area contributed by atoms with Gasteiger partial charge in [-0.3, -0.25) is 4.79 Å². The van der Waals surface area contributed by atoms with Crippen molar-refractivity contribution >= 4 is 6.41 Å².